The Hall–Kier alpha value is -3.41. The van der Waals surface area contributed by atoms with Gasteiger partial charge in [0.1, 0.15) is 5.69 Å². The van der Waals surface area contributed by atoms with Gasteiger partial charge in [-0.1, -0.05) is 30.3 Å². The van der Waals surface area contributed by atoms with Crippen LogP contribution in [0.1, 0.15) is 21.6 Å². The minimum Gasteiger partial charge on any atom is -0.287 e. The lowest BCUT2D eigenvalue weighted by molar-refractivity contribution is -0.385. The monoisotopic (exact) mass is 319 g/mol. The molecule has 3 rings (SSSR count). The molecule has 3 aromatic rings. The molecule has 0 amide bonds. The number of nitrogens with zero attached hydrogens (tertiary/aromatic N) is 3. The maximum absolute atomic E-state index is 12.4. The highest BCUT2D eigenvalue weighted by Gasteiger charge is 2.13. The molecule has 24 heavy (non-hydrogen) atoms. The van der Waals surface area contributed by atoms with Crippen molar-refractivity contribution in [2.75, 3.05) is 0 Å². The molecule has 0 atom stereocenters. The number of ketones is 1. The molecule has 0 unspecified atom stereocenters. The van der Waals surface area contributed by atoms with Crippen LogP contribution in [0.15, 0.2) is 54.6 Å². The highest BCUT2D eigenvalue weighted by Crippen LogP contribution is 2.21. The van der Waals surface area contributed by atoms with Crippen LogP contribution in [0.2, 0.25) is 0 Å². The summed E-state index contributed by atoms with van der Waals surface area (Å²) in [6.45, 7) is 1.81. The van der Waals surface area contributed by atoms with E-state index in [1.165, 1.54) is 18.2 Å². The number of nitro benzene ring substituents is 1. The molecule has 0 aliphatic carbocycles. The standard InChI is InChI=1S/C18H13N3O3/c1-12-14-7-3-4-8-15(14)19-20-18(12)17(22)11-10-13-6-2-5-9-16(13)21(23)24/h2-11H,1H3/b11-10+. The Morgan fingerprint density at radius 3 is 2.58 bits per heavy atom. The van der Waals surface area contributed by atoms with E-state index < -0.39 is 4.92 Å². The molecule has 0 aliphatic rings. The van der Waals surface area contributed by atoms with Crippen molar-refractivity contribution in [2.24, 2.45) is 0 Å². The Morgan fingerprint density at radius 1 is 1.08 bits per heavy atom. The van der Waals surface area contributed by atoms with Crippen molar-refractivity contribution in [1.82, 2.24) is 10.2 Å². The molecule has 0 bridgehead atoms. The maximum Gasteiger partial charge on any atom is 0.276 e. The quantitative estimate of drug-likeness (QED) is 0.316. The lowest BCUT2D eigenvalue weighted by Crippen LogP contribution is -2.04. The smallest absolute Gasteiger partial charge is 0.276 e. The SMILES string of the molecule is Cc1c(C(=O)/C=C/c2ccccc2[N+](=O)[O-])nnc2ccccc12. The van der Waals surface area contributed by atoms with Gasteiger partial charge in [-0.15, -0.1) is 10.2 Å². The molecule has 1 heterocycles. The number of aromatic nitrogens is 2. The molecule has 0 spiro atoms. The van der Waals surface area contributed by atoms with Crippen LogP contribution in [0.25, 0.3) is 17.0 Å². The van der Waals surface area contributed by atoms with E-state index in [0.717, 1.165) is 10.9 Å². The van der Waals surface area contributed by atoms with Crippen LogP contribution in [0, 0.1) is 17.0 Å². The van der Waals surface area contributed by atoms with Crippen molar-refractivity contribution in [3.63, 3.8) is 0 Å². The Kier molecular flexibility index (Phi) is 4.11. The molecule has 6 nitrogen and oxygen atoms in total. The zero-order chi connectivity index (χ0) is 17.1. The number of para-hydroxylation sites is 1. The normalized spacial score (nSPS) is 11.0. The summed E-state index contributed by atoms with van der Waals surface area (Å²) in [5, 5.41) is 19.9. The molecule has 1 aromatic heterocycles. The predicted molar refractivity (Wildman–Crippen MR) is 90.7 cm³/mol. The fraction of sp³-hybridized carbons (Fsp3) is 0.0556. The second-order valence-corrected chi connectivity index (χ2v) is 5.20. The number of aryl methyl sites for hydroxylation is 1. The average Bonchev–Trinajstić information content (AvgIpc) is 2.60. The lowest BCUT2D eigenvalue weighted by Gasteiger charge is -2.04. The van der Waals surface area contributed by atoms with Crippen LogP contribution in [-0.4, -0.2) is 20.9 Å². The summed E-state index contributed by atoms with van der Waals surface area (Å²) in [6.07, 6.45) is 2.71. The van der Waals surface area contributed by atoms with Gasteiger partial charge >= 0.3 is 0 Å². The van der Waals surface area contributed by atoms with Gasteiger partial charge in [-0.05, 0) is 36.8 Å². The van der Waals surface area contributed by atoms with E-state index >= 15 is 0 Å². The molecule has 0 saturated heterocycles. The van der Waals surface area contributed by atoms with Crippen LogP contribution in [0.4, 0.5) is 5.69 Å². The summed E-state index contributed by atoms with van der Waals surface area (Å²) in [6, 6.07) is 13.7. The van der Waals surface area contributed by atoms with Crippen LogP contribution < -0.4 is 0 Å². The first kappa shape index (κ1) is 15.5. The van der Waals surface area contributed by atoms with Gasteiger partial charge in [0, 0.05) is 11.5 Å². The van der Waals surface area contributed by atoms with Gasteiger partial charge in [0.2, 0.25) is 5.78 Å². The van der Waals surface area contributed by atoms with Crippen LogP contribution in [-0.2, 0) is 0 Å². The van der Waals surface area contributed by atoms with Gasteiger partial charge in [0.25, 0.3) is 5.69 Å². The molecule has 0 aliphatic heterocycles. The molecule has 0 saturated carbocycles. The molecule has 6 heteroatoms. The number of carbonyl (C=O) groups excluding carboxylic acids is 1. The minimum atomic E-state index is -0.481. The highest BCUT2D eigenvalue weighted by atomic mass is 16.6. The summed E-state index contributed by atoms with van der Waals surface area (Å²) in [5.41, 5.74) is 2.00. The van der Waals surface area contributed by atoms with Gasteiger partial charge < -0.3 is 0 Å². The third kappa shape index (κ3) is 2.89. The van der Waals surface area contributed by atoms with Gasteiger partial charge in [0.15, 0.2) is 0 Å². The summed E-state index contributed by atoms with van der Waals surface area (Å²) in [5.74, 6) is -0.344. The van der Waals surface area contributed by atoms with Gasteiger partial charge in [-0.3, -0.25) is 14.9 Å². The fourth-order valence-corrected chi connectivity index (χ4v) is 2.46. The number of allylic oxidation sites excluding steroid dienone is 1. The van der Waals surface area contributed by atoms with Crippen LogP contribution in [0.5, 0.6) is 0 Å². The molecular formula is C18H13N3O3. The average molecular weight is 319 g/mol. The fourth-order valence-electron chi connectivity index (χ4n) is 2.46. The molecule has 0 fully saturated rings. The van der Waals surface area contributed by atoms with Crippen molar-refractivity contribution >= 4 is 28.4 Å². The Bertz CT molecular complexity index is 980. The number of fused-ring (bicyclic) bond motifs is 1. The van der Waals surface area contributed by atoms with Crippen LogP contribution >= 0.6 is 0 Å². The van der Waals surface area contributed by atoms with E-state index in [1.54, 1.807) is 18.2 Å². The molecule has 118 valence electrons. The van der Waals surface area contributed by atoms with Crippen molar-refractivity contribution in [3.8, 4) is 0 Å². The maximum atomic E-state index is 12.4. The second-order valence-electron chi connectivity index (χ2n) is 5.20. The Morgan fingerprint density at radius 2 is 1.79 bits per heavy atom. The van der Waals surface area contributed by atoms with Gasteiger partial charge in [-0.2, -0.15) is 0 Å². The number of carbonyl (C=O) groups is 1. The number of hydrogen-bond acceptors (Lipinski definition) is 5. The van der Waals surface area contributed by atoms with E-state index in [4.69, 9.17) is 0 Å². The number of nitro groups is 1. The van der Waals surface area contributed by atoms with E-state index in [1.807, 2.05) is 31.2 Å². The number of hydrogen-bond donors (Lipinski definition) is 0. The van der Waals surface area contributed by atoms with Crippen molar-refractivity contribution < 1.29 is 9.72 Å². The molecule has 0 radical (unpaired) electrons. The molecular weight excluding hydrogens is 306 g/mol. The summed E-state index contributed by atoms with van der Waals surface area (Å²) in [4.78, 5) is 22.9. The molecule has 2 aromatic carbocycles. The van der Waals surface area contributed by atoms with E-state index in [-0.39, 0.29) is 17.2 Å². The highest BCUT2D eigenvalue weighted by molar-refractivity contribution is 6.08. The first-order chi connectivity index (χ1) is 11.6. The van der Waals surface area contributed by atoms with Crippen molar-refractivity contribution in [1.29, 1.82) is 0 Å². The minimum absolute atomic E-state index is 0.0529. The second kappa shape index (κ2) is 6.37. The summed E-state index contributed by atoms with van der Waals surface area (Å²) < 4.78 is 0. The first-order valence-corrected chi connectivity index (χ1v) is 7.26. The van der Waals surface area contributed by atoms with Gasteiger partial charge in [-0.25, -0.2) is 0 Å². The first-order valence-electron chi connectivity index (χ1n) is 7.26. The Labute approximate surface area is 137 Å². The van der Waals surface area contributed by atoms with E-state index in [2.05, 4.69) is 10.2 Å². The zero-order valence-electron chi connectivity index (χ0n) is 12.8. The Balaban J connectivity index is 1.96. The van der Waals surface area contributed by atoms with Gasteiger partial charge in [0.05, 0.1) is 16.0 Å². The van der Waals surface area contributed by atoms with Crippen LogP contribution in [0.3, 0.4) is 0 Å². The predicted octanol–water partition coefficient (Wildman–Crippen LogP) is 3.74. The van der Waals surface area contributed by atoms with Crippen molar-refractivity contribution in [3.05, 3.63) is 81.5 Å². The summed E-state index contributed by atoms with van der Waals surface area (Å²) >= 11 is 0. The topological polar surface area (TPSA) is 86.0 Å². The molecule has 0 N–H and O–H groups in total. The zero-order valence-corrected chi connectivity index (χ0v) is 12.8. The van der Waals surface area contributed by atoms with E-state index in [9.17, 15) is 14.9 Å². The largest absolute Gasteiger partial charge is 0.287 e. The lowest BCUT2D eigenvalue weighted by atomic mass is 10.1. The summed E-state index contributed by atoms with van der Waals surface area (Å²) in [7, 11) is 0. The third-order valence-electron chi connectivity index (χ3n) is 3.70. The number of benzene rings is 2. The third-order valence-corrected chi connectivity index (χ3v) is 3.70. The van der Waals surface area contributed by atoms with E-state index in [0.29, 0.717) is 11.1 Å². The van der Waals surface area contributed by atoms with Crippen molar-refractivity contribution in [2.45, 2.75) is 6.92 Å². The number of rotatable bonds is 4.